The van der Waals surface area contributed by atoms with Gasteiger partial charge in [-0.1, -0.05) is 6.92 Å². The van der Waals surface area contributed by atoms with Crippen LogP contribution in [0.3, 0.4) is 0 Å². The number of ether oxygens (including phenoxy) is 1. The van der Waals surface area contributed by atoms with Gasteiger partial charge in [-0.05, 0) is 12.3 Å². The average Bonchev–Trinajstić information content (AvgIpc) is 2.48. The number of aliphatic hydroxyl groups is 5. The molecule has 8 heteroatoms. The molecule has 0 radical (unpaired) electrons. The minimum atomic E-state index is -3.94. The third-order valence-corrected chi connectivity index (χ3v) is 2.35. The van der Waals surface area contributed by atoms with E-state index in [1.54, 1.807) is 0 Å². The standard InChI is InChI=1S/C8H15NO7/c1-5-2-3-9(4-5)6(10)16-8(14,15)7(11,12)13/h5,11-15H,2-4H2,1H3. The van der Waals surface area contributed by atoms with Gasteiger partial charge in [-0.2, -0.15) is 0 Å². The molecule has 0 bridgehead atoms. The van der Waals surface area contributed by atoms with Crippen molar-refractivity contribution in [3.8, 4) is 0 Å². The summed E-state index contributed by atoms with van der Waals surface area (Å²) < 4.78 is 3.98. The highest BCUT2D eigenvalue weighted by Gasteiger charge is 2.52. The first-order valence-corrected chi connectivity index (χ1v) is 4.73. The van der Waals surface area contributed by atoms with Gasteiger partial charge in [0.15, 0.2) is 0 Å². The van der Waals surface area contributed by atoms with Crippen molar-refractivity contribution in [1.82, 2.24) is 4.90 Å². The van der Waals surface area contributed by atoms with Crippen LogP contribution in [0.2, 0.25) is 0 Å². The summed E-state index contributed by atoms with van der Waals surface area (Å²) in [4.78, 5) is 12.5. The molecule has 1 amide bonds. The van der Waals surface area contributed by atoms with Crippen molar-refractivity contribution in [2.45, 2.75) is 25.3 Å². The van der Waals surface area contributed by atoms with E-state index in [1.165, 1.54) is 0 Å². The van der Waals surface area contributed by atoms with E-state index in [2.05, 4.69) is 4.74 Å². The fourth-order valence-electron chi connectivity index (χ4n) is 1.36. The van der Waals surface area contributed by atoms with E-state index in [1.807, 2.05) is 6.92 Å². The first-order chi connectivity index (χ1) is 7.13. The van der Waals surface area contributed by atoms with Gasteiger partial charge in [0.1, 0.15) is 0 Å². The van der Waals surface area contributed by atoms with Crippen LogP contribution in [0.15, 0.2) is 0 Å². The maximum absolute atomic E-state index is 11.3. The predicted molar refractivity (Wildman–Crippen MR) is 48.4 cm³/mol. The summed E-state index contributed by atoms with van der Waals surface area (Å²) in [6.07, 6.45) is -0.405. The first kappa shape index (κ1) is 13.1. The van der Waals surface area contributed by atoms with Gasteiger partial charge >= 0.3 is 18.0 Å². The van der Waals surface area contributed by atoms with Crippen molar-refractivity contribution < 1.29 is 35.1 Å². The molecule has 8 nitrogen and oxygen atoms in total. The Hall–Kier alpha value is -0.930. The van der Waals surface area contributed by atoms with Crippen LogP contribution in [0.25, 0.3) is 0 Å². The van der Waals surface area contributed by atoms with Crippen LogP contribution in [-0.2, 0) is 4.74 Å². The number of amides is 1. The lowest BCUT2D eigenvalue weighted by molar-refractivity contribution is -0.509. The molecule has 0 saturated carbocycles. The number of nitrogens with zero attached hydrogens (tertiary/aromatic N) is 1. The van der Waals surface area contributed by atoms with Crippen molar-refractivity contribution >= 4 is 6.09 Å². The Morgan fingerprint density at radius 3 is 2.25 bits per heavy atom. The Balaban J connectivity index is 2.58. The molecular formula is C8H15NO7. The van der Waals surface area contributed by atoms with Gasteiger partial charge in [-0.15, -0.1) is 0 Å². The Labute approximate surface area is 91.3 Å². The molecule has 94 valence electrons. The summed E-state index contributed by atoms with van der Waals surface area (Å²) >= 11 is 0. The molecule has 1 aliphatic rings. The van der Waals surface area contributed by atoms with Gasteiger partial charge in [0.05, 0.1) is 0 Å². The van der Waals surface area contributed by atoms with Crippen molar-refractivity contribution in [2.75, 3.05) is 13.1 Å². The Bertz CT molecular complexity index is 272. The molecule has 0 aromatic heterocycles. The fourth-order valence-corrected chi connectivity index (χ4v) is 1.36. The van der Waals surface area contributed by atoms with Crippen molar-refractivity contribution in [2.24, 2.45) is 5.92 Å². The molecule has 0 aromatic rings. The van der Waals surface area contributed by atoms with Crippen molar-refractivity contribution in [3.63, 3.8) is 0 Å². The number of carbonyl (C=O) groups is 1. The van der Waals surface area contributed by atoms with E-state index < -0.39 is 18.0 Å². The third kappa shape index (κ3) is 2.80. The lowest BCUT2D eigenvalue weighted by atomic mass is 10.2. The molecule has 1 rings (SSSR count). The van der Waals surface area contributed by atoms with Gasteiger partial charge < -0.3 is 35.2 Å². The molecule has 1 fully saturated rings. The van der Waals surface area contributed by atoms with E-state index in [9.17, 15) is 4.79 Å². The minimum absolute atomic E-state index is 0.251. The largest absolute Gasteiger partial charge is 0.414 e. The van der Waals surface area contributed by atoms with Crippen LogP contribution in [0.5, 0.6) is 0 Å². The van der Waals surface area contributed by atoms with Crippen molar-refractivity contribution in [1.29, 1.82) is 0 Å². The number of rotatable bonds is 2. The number of likely N-dealkylation sites (tertiary alicyclic amines) is 1. The highest BCUT2D eigenvalue weighted by Crippen LogP contribution is 2.20. The van der Waals surface area contributed by atoms with E-state index in [4.69, 9.17) is 25.5 Å². The van der Waals surface area contributed by atoms with Gasteiger partial charge in [-0.3, -0.25) is 0 Å². The predicted octanol–water partition coefficient (Wildman–Crippen LogP) is -2.27. The summed E-state index contributed by atoms with van der Waals surface area (Å²) in [6.45, 7) is 2.63. The molecule has 1 heterocycles. The maximum atomic E-state index is 11.3. The van der Waals surface area contributed by atoms with Crippen LogP contribution < -0.4 is 0 Å². The lowest BCUT2D eigenvalue weighted by Crippen LogP contribution is -2.58. The summed E-state index contributed by atoms with van der Waals surface area (Å²) in [7, 11) is 0. The highest BCUT2D eigenvalue weighted by molar-refractivity contribution is 5.68. The van der Waals surface area contributed by atoms with E-state index >= 15 is 0 Å². The lowest BCUT2D eigenvalue weighted by Gasteiger charge is -2.30. The Morgan fingerprint density at radius 2 is 1.88 bits per heavy atom. The molecule has 1 saturated heterocycles. The second-order valence-electron chi connectivity index (χ2n) is 3.95. The second kappa shape index (κ2) is 4.15. The molecule has 16 heavy (non-hydrogen) atoms. The molecular weight excluding hydrogens is 222 g/mol. The highest BCUT2D eigenvalue weighted by atomic mass is 16.9. The fraction of sp³-hybridized carbons (Fsp3) is 0.875. The number of hydrogen-bond acceptors (Lipinski definition) is 7. The zero-order valence-corrected chi connectivity index (χ0v) is 8.70. The van der Waals surface area contributed by atoms with Crippen LogP contribution in [0, 0.1) is 5.92 Å². The van der Waals surface area contributed by atoms with Gasteiger partial charge in [0, 0.05) is 13.1 Å². The molecule has 5 N–H and O–H groups in total. The molecule has 0 aliphatic carbocycles. The minimum Gasteiger partial charge on any atom is -0.385 e. The zero-order chi connectivity index (χ0) is 12.6. The zero-order valence-electron chi connectivity index (χ0n) is 8.70. The molecule has 0 spiro atoms. The SMILES string of the molecule is CC1CCN(C(=O)OC(O)(O)C(O)(O)O)C1. The Kier molecular flexibility index (Phi) is 3.41. The van der Waals surface area contributed by atoms with Gasteiger partial charge in [0.25, 0.3) is 0 Å². The topological polar surface area (TPSA) is 131 Å². The summed E-state index contributed by atoms with van der Waals surface area (Å²) in [6, 6.07) is 0. The summed E-state index contributed by atoms with van der Waals surface area (Å²) in [5, 5.41) is 43.3. The van der Waals surface area contributed by atoms with E-state index in [-0.39, 0.29) is 5.92 Å². The molecule has 1 aliphatic heterocycles. The molecule has 1 atom stereocenters. The maximum Gasteiger partial charge on any atom is 0.414 e. The van der Waals surface area contributed by atoms with E-state index in [0.717, 1.165) is 11.3 Å². The van der Waals surface area contributed by atoms with Crippen molar-refractivity contribution in [3.05, 3.63) is 0 Å². The second-order valence-corrected chi connectivity index (χ2v) is 3.95. The van der Waals surface area contributed by atoms with Crippen LogP contribution in [-0.4, -0.2) is 61.6 Å². The smallest absolute Gasteiger partial charge is 0.385 e. The van der Waals surface area contributed by atoms with Crippen LogP contribution in [0.4, 0.5) is 4.79 Å². The summed E-state index contributed by atoms with van der Waals surface area (Å²) in [5.74, 6) is -7.45. The van der Waals surface area contributed by atoms with Gasteiger partial charge in [-0.25, -0.2) is 4.79 Å². The average molecular weight is 237 g/mol. The number of carbonyl (C=O) groups excluding carboxylic acids is 1. The molecule has 1 unspecified atom stereocenters. The monoisotopic (exact) mass is 237 g/mol. The third-order valence-electron chi connectivity index (χ3n) is 2.35. The van der Waals surface area contributed by atoms with Gasteiger partial charge in [0.2, 0.25) is 0 Å². The quantitative estimate of drug-likeness (QED) is 0.342. The van der Waals surface area contributed by atoms with E-state index in [0.29, 0.717) is 13.1 Å². The number of hydrogen-bond donors (Lipinski definition) is 5. The Morgan fingerprint density at radius 1 is 1.31 bits per heavy atom. The van der Waals surface area contributed by atoms with Crippen LogP contribution in [0.1, 0.15) is 13.3 Å². The van der Waals surface area contributed by atoms with Crippen LogP contribution >= 0.6 is 0 Å². The summed E-state index contributed by atoms with van der Waals surface area (Å²) in [5.41, 5.74) is 0. The first-order valence-electron chi connectivity index (χ1n) is 4.73. The normalized spacial score (nSPS) is 22.4. The molecule has 0 aromatic carbocycles.